The standard InChI is InChI=1S/3C15H18N2O2.Tb/c3*1-10-12(13(18)15(2,3)4)14(19)17(16-10)11-8-6-5-7-9-11;/h3*5-9,12H,1-4H3;. The van der Waals surface area contributed by atoms with Crippen LogP contribution in [0.15, 0.2) is 106 Å². The van der Waals surface area contributed by atoms with Gasteiger partial charge in [0.15, 0.2) is 17.3 Å². The van der Waals surface area contributed by atoms with E-state index in [1.54, 1.807) is 57.2 Å². The fourth-order valence-corrected chi connectivity index (χ4v) is 6.16. The molecule has 0 N–H and O–H groups in total. The number of hydrogen-bond donors (Lipinski definition) is 0. The number of amides is 3. The number of anilines is 3. The van der Waals surface area contributed by atoms with Crippen LogP contribution in [0.5, 0.6) is 0 Å². The summed E-state index contributed by atoms with van der Waals surface area (Å²) in [6.45, 7) is 21.6. The summed E-state index contributed by atoms with van der Waals surface area (Å²) in [5.74, 6) is -3.29. The summed E-state index contributed by atoms with van der Waals surface area (Å²) in [6.07, 6.45) is 0. The maximum atomic E-state index is 12.4. The minimum atomic E-state index is -0.750. The molecule has 3 heterocycles. The molecule has 3 atom stereocenters. The molecule has 0 aromatic heterocycles. The van der Waals surface area contributed by atoms with E-state index in [1.807, 2.05) is 117 Å². The van der Waals surface area contributed by atoms with Gasteiger partial charge in [0, 0.05) is 54.9 Å². The van der Waals surface area contributed by atoms with Crippen LogP contribution in [-0.4, -0.2) is 52.2 Å². The molecule has 0 bridgehead atoms. The van der Waals surface area contributed by atoms with Crippen LogP contribution in [0.3, 0.4) is 0 Å². The number of hydrazone groups is 3. The summed E-state index contributed by atoms with van der Waals surface area (Å²) in [6, 6.07) is 27.5. The molecular formula is C45H54N6O6Tb. The Kier molecular flexibility index (Phi) is 15.6. The molecule has 0 aliphatic carbocycles. The largest absolute Gasteiger partial charge is 0.298 e. The van der Waals surface area contributed by atoms with Crippen LogP contribution >= 0.6 is 0 Å². The van der Waals surface area contributed by atoms with Crippen LogP contribution in [0.2, 0.25) is 0 Å². The molecule has 0 spiro atoms. The number of benzene rings is 3. The molecule has 0 saturated carbocycles. The number of carbonyl (C=O) groups excluding carboxylic acids is 6. The molecule has 0 fully saturated rings. The number of rotatable bonds is 6. The minimum Gasteiger partial charge on any atom is -0.298 e. The normalized spacial score (nSPS) is 19.2. The Bertz CT molecular complexity index is 1870. The quantitative estimate of drug-likeness (QED) is 0.230. The molecule has 3 amide bonds. The Morgan fingerprint density at radius 2 is 0.603 bits per heavy atom. The Balaban J connectivity index is 0.000000231. The summed E-state index contributed by atoms with van der Waals surface area (Å²) < 4.78 is 0. The Morgan fingerprint density at radius 3 is 0.776 bits per heavy atom. The van der Waals surface area contributed by atoms with E-state index in [-0.39, 0.29) is 73.7 Å². The van der Waals surface area contributed by atoms with Crippen LogP contribution in [0.25, 0.3) is 0 Å². The number of hydrogen-bond acceptors (Lipinski definition) is 9. The van der Waals surface area contributed by atoms with Gasteiger partial charge >= 0.3 is 0 Å². The maximum Gasteiger partial charge on any atom is 0.263 e. The summed E-state index contributed by atoms with van der Waals surface area (Å²) in [5, 5.41) is 16.7. The van der Waals surface area contributed by atoms with E-state index in [1.165, 1.54) is 15.0 Å². The van der Waals surface area contributed by atoms with E-state index >= 15 is 0 Å². The Hall–Kier alpha value is -4.62. The second-order valence-electron chi connectivity index (χ2n) is 17.3. The summed E-state index contributed by atoms with van der Waals surface area (Å²) in [5.41, 5.74) is 2.11. The van der Waals surface area contributed by atoms with Gasteiger partial charge in [0.1, 0.15) is 17.8 Å². The van der Waals surface area contributed by atoms with Gasteiger partial charge in [-0.2, -0.15) is 30.3 Å². The van der Waals surface area contributed by atoms with E-state index < -0.39 is 34.0 Å². The van der Waals surface area contributed by atoms with E-state index in [2.05, 4.69) is 15.3 Å². The zero-order valence-electron chi connectivity index (χ0n) is 35.4. The van der Waals surface area contributed by atoms with Crippen molar-refractivity contribution in [1.82, 2.24) is 0 Å². The number of ketones is 3. The fraction of sp³-hybridized carbons (Fsp3) is 0.400. The van der Waals surface area contributed by atoms with Gasteiger partial charge < -0.3 is 0 Å². The van der Waals surface area contributed by atoms with Gasteiger partial charge in [0.05, 0.1) is 34.2 Å². The van der Waals surface area contributed by atoms with Crippen LogP contribution < -0.4 is 15.0 Å². The van der Waals surface area contributed by atoms with Crippen molar-refractivity contribution >= 4 is 69.3 Å². The predicted octanol–water partition coefficient (Wildman–Crippen LogP) is 7.92. The zero-order valence-corrected chi connectivity index (χ0v) is 37.5. The summed E-state index contributed by atoms with van der Waals surface area (Å²) in [4.78, 5) is 74.2. The zero-order chi connectivity index (χ0) is 42.6. The monoisotopic (exact) mass is 933 g/mol. The third kappa shape index (κ3) is 10.9. The molecule has 3 unspecified atom stereocenters. The van der Waals surface area contributed by atoms with Crippen molar-refractivity contribution in [2.75, 3.05) is 15.0 Å². The van der Waals surface area contributed by atoms with Gasteiger partial charge in [-0.05, 0) is 57.2 Å². The average molecular weight is 934 g/mol. The Morgan fingerprint density at radius 1 is 0.414 bits per heavy atom. The summed E-state index contributed by atoms with van der Waals surface area (Å²) in [7, 11) is 0. The second-order valence-corrected chi connectivity index (χ2v) is 17.3. The first-order valence-electron chi connectivity index (χ1n) is 18.9. The molecule has 13 heteroatoms. The van der Waals surface area contributed by atoms with Crippen molar-refractivity contribution in [2.45, 2.75) is 83.1 Å². The van der Waals surface area contributed by atoms with E-state index in [9.17, 15) is 28.8 Å². The topological polar surface area (TPSA) is 149 Å². The van der Waals surface area contributed by atoms with Crippen molar-refractivity contribution in [1.29, 1.82) is 0 Å². The van der Waals surface area contributed by atoms with Gasteiger partial charge in [-0.15, -0.1) is 0 Å². The average Bonchev–Trinajstić information content (AvgIpc) is 3.74. The van der Waals surface area contributed by atoms with Crippen LogP contribution in [0, 0.1) is 72.6 Å². The molecule has 309 valence electrons. The third-order valence-electron chi connectivity index (χ3n) is 9.40. The molecule has 1 radical (unpaired) electrons. The number of nitrogens with zero attached hydrogens (tertiary/aromatic N) is 6. The first kappa shape index (κ1) is 47.7. The number of Topliss-reactive ketones (excluding diaryl/α,β-unsaturated/α-hetero) is 3. The maximum absolute atomic E-state index is 12.4. The third-order valence-corrected chi connectivity index (χ3v) is 9.40. The molecule has 0 saturated heterocycles. The molecular weight excluding hydrogens is 879 g/mol. The molecule has 58 heavy (non-hydrogen) atoms. The molecule has 3 aromatic rings. The van der Waals surface area contributed by atoms with Gasteiger partial charge in [-0.3, -0.25) is 28.8 Å². The first-order valence-corrected chi connectivity index (χ1v) is 18.9. The van der Waals surface area contributed by atoms with E-state index in [4.69, 9.17) is 0 Å². The molecule has 12 nitrogen and oxygen atoms in total. The predicted molar refractivity (Wildman–Crippen MR) is 225 cm³/mol. The smallest absolute Gasteiger partial charge is 0.263 e. The van der Waals surface area contributed by atoms with E-state index in [0.717, 1.165) is 0 Å². The van der Waals surface area contributed by atoms with Crippen LogP contribution in [0.1, 0.15) is 83.1 Å². The fourth-order valence-electron chi connectivity index (χ4n) is 6.16. The van der Waals surface area contributed by atoms with Crippen LogP contribution in [-0.2, 0) is 28.8 Å². The van der Waals surface area contributed by atoms with E-state index in [0.29, 0.717) is 34.2 Å². The van der Waals surface area contributed by atoms with Crippen molar-refractivity contribution in [3.8, 4) is 0 Å². The van der Waals surface area contributed by atoms with Crippen molar-refractivity contribution in [2.24, 2.45) is 49.3 Å². The van der Waals surface area contributed by atoms with Crippen molar-refractivity contribution in [3.05, 3.63) is 91.0 Å². The van der Waals surface area contributed by atoms with Gasteiger partial charge in [-0.1, -0.05) is 117 Å². The molecule has 6 rings (SSSR count). The van der Waals surface area contributed by atoms with Gasteiger partial charge in [0.2, 0.25) is 0 Å². The summed E-state index contributed by atoms with van der Waals surface area (Å²) >= 11 is 0. The van der Waals surface area contributed by atoms with Gasteiger partial charge in [0.25, 0.3) is 17.7 Å². The van der Waals surface area contributed by atoms with Gasteiger partial charge in [-0.25, -0.2) is 0 Å². The van der Waals surface area contributed by atoms with Crippen molar-refractivity contribution in [3.63, 3.8) is 0 Å². The SMILES string of the molecule is CC1=NN(c2ccccc2)C(=O)C1C(=O)C(C)(C)C.CC1=NN(c2ccccc2)C(=O)C1C(=O)C(C)(C)C.CC1=NN(c2ccccc2)C(=O)C1C(=O)C(C)(C)C.[Tb]. The van der Waals surface area contributed by atoms with Crippen LogP contribution in [0.4, 0.5) is 17.1 Å². The minimum absolute atomic E-state index is 0. The first-order chi connectivity index (χ1) is 26.5. The molecule has 3 aliphatic heterocycles. The number of para-hydroxylation sites is 3. The molecule has 3 aromatic carbocycles. The molecule has 3 aliphatic rings. The second kappa shape index (κ2) is 19.0. The van der Waals surface area contributed by atoms with Crippen molar-refractivity contribution < 1.29 is 67.4 Å². The number of carbonyl (C=O) groups is 6. The Labute approximate surface area is 372 Å².